The lowest BCUT2D eigenvalue weighted by atomic mass is 9.90. The molecule has 0 rings (SSSR count). The van der Waals surface area contributed by atoms with Gasteiger partial charge in [-0.25, -0.2) is 0 Å². The Hall–Kier alpha value is -0.0400. The van der Waals surface area contributed by atoms with Gasteiger partial charge in [-0.2, -0.15) is 0 Å². The molecule has 0 aromatic rings. The molecule has 0 aromatic heterocycles. The largest absolute Gasteiger partial charge is 0.330 e. The number of nitrogens with two attached hydrogens (primary N) is 1. The average molecular weight is 424 g/mol. The Kier molecular flexibility index (Phi) is 27.0. The summed E-state index contributed by atoms with van der Waals surface area (Å²) in [5.41, 5.74) is 5.54. The van der Waals surface area contributed by atoms with Crippen molar-refractivity contribution in [3.8, 4) is 0 Å². The van der Waals surface area contributed by atoms with E-state index >= 15 is 0 Å². The summed E-state index contributed by atoms with van der Waals surface area (Å²) in [6, 6.07) is 0. The van der Waals surface area contributed by atoms with Crippen LogP contribution in [0.3, 0.4) is 0 Å². The van der Waals surface area contributed by atoms with Crippen molar-refractivity contribution in [1.82, 2.24) is 0 Å². The van der Waals surface area contributed by atoms with Crippen LogP contribution in [0, 0.1) is 5.92 Å². The minimum atomic E-state index is 0.874. The Balaban J connectivity index is 3.31. The van der Waals surface area contributed by atoms with Gasteiger partial charge >= 0.3 is 0 Å². The van der Waals surface area contributed by atoms with Gasteiger partial charge in [0, 0.05) is 0 Å². The third-order valence-electron chi connectivity index (χ3n) is 6.98. The Morgan fingerprint density at radius 2 is 0.700 bits per heavy atom. The predicted octanol–water partition coefficient (Wildman–Crippen LogP) is 10.4. The zero-order valence-electron chi connectivity index (χ0n) is 21.5. The summed E-state index contributed by atoms with van der Waals surface area (Å²) in [5, 5.41) is 0. The van der Waals surface area contributed by atoms with Crippen LogP contribution in [-0.2, 0) is 0 Å². The Morgan fingerprint density at radius 3 is 1.03 bits per heavy atom. The van der Waals surface area contributed by atoms with Crippen LogP contribution in [-0.4, -0.2) is 6.54 Å². The zero-order chi connectivity index (χ0) is 22.0. The van der Waals surface area contributed by atoms with Gasteiger partial charge in [0.2, 0.25) is 0 Å². The first kappa shape index (κ1) is 30.0. The van der Waals surface area contributed by atoms with Gasteiger partial charge in [-0.3, -0.25) is 0 Å². The van der Waals surface area contributed by atoms with Crippen molar-refractivity contribution in [2.75, 3.05) is 6.54 Å². The molecule has 0 heterocycles. The third kappa shape index (κ3) is 24.2. The number of unbranched alkanes of at least 4 members (excludes halogenated alkanes) is 19. The van der Waals surface area contributed by atoms with Gasteiger partial charge in [-0.15, -0.1) is 0 Å². The fourth-order valence-corrected chi connectivity index (χ4v) is 4.93. The highest BCUT2D eigenvalue weighted by atomic mass is 14.5. The van der Waals surface area contributed by atoms with Crippen molar-refractivity contribution in [3.05, 3.63) is 0 Å². The van der Waals surface area contributed by atoms with E-state index in [0.29, 0.717) is 0 Å². The maximum atomic E-state index is 5.54. The Bertz CT molecular complexity index is 288. The first-order chi connectivity index (χ1) is 14.8. The highest BCUT2D eigenvalue weighted by Gasteiger charge is 2.07. The predicted molar refractivity (Wildman–Crippen MR) is 139 cm³/mol. The molecule has 0 saturated heterocycles. The number of hydrogen-bond donors (Lipinski definition) is 1. The number of rotatable bonds is 26. The molecule has 0 radical (unpaired) electrons. The number of hydrogen-bond acceptors (Lipinski definition) is 1. The summed E-state index contributed by atoms with van der Waals surface area (Å²) < 4.78 is 0. The first-order valence-corrected chi connectivity index (χ1v) is 14.5. The van der Waals surface area contributed by atoms with E-state index in [1.165, 1.54) is 161 Å². The van der Waals surface area contributed by atoms with Gasteiger partial charge in [0.1, 0.15) is 0 Å². The van der Waals surface area contributed by atoms with Crippen LogP contribution >= 0.6 is 0 Å². The van der Waals surface area contributed by atoms with Gasteiger partial charge in [0.25, 0.3) is 0 Å². The van der Waals surface area contributed by atoms with E-state index in [9.17, 15) is 0 Å². The molecule has 0 saturated carbocycles. The first-order valence-electron chi connectivity index (χ1n) is 14.5. The van der Waals surface area contributed by atoms with Gasteiger partial charge in [0.15, 0.2) is 0 Å². The standard InChI is InChI=1S/C29H61N/c1-3-5-6-7-19-22-26-29(25-4-2)27-23-20-17-15-13-11-9-8-10-12-14-16-18-21-24-28-30/h29H,3-28,30H2,1-2H3. The second kappa shape index (κ2) is 27.0. The second-order valence-corrected chi connectivity index (χ2v) is 10.1. The fourth-order valence-electron chi connectivity index (χ4n) is 4.93. The molecule has 0 spiro atoms. The molecular weight excluding hydrogens is 362 g/mol. The molecule has 2 N–H and O–H groups in total. The maximum Gasteiger partial charge on any atom is -0.00773 e. The lowest BCUT2D eigenvalue weighted by Crippen LogP contribution is -2.00. The minimum Gasteiger partial charge on any atom is -0.330 e. The van der Waals surface area contributed by atoms with Gasteiger partial charge in [-0.1, -0.05) is 168 Å². The molecule has 0 amide bonds. The molecule has 0 aliphatic rings. The van der Waals surface area contributed by atoms with Crippen LogP contribution in [0.25, 0.3) is 0 Å². The summed E-state index contributed by atoms with van der Waals surface area (Å²) in [6.07, 6.45) is 36.2. The summed E-state index contributed by atoms with van der Waals surface area (Å²) in [6.45, 7) is 5.56. The molecule has 0 aliphatic heterocycles. The SMILES string of the molecule is CCCCCCCCC(CCC)CCCCCCCCCCCCCCCCCN. The van der Waals surface area contributed by atoms with Crippen molar-refractivity contribution < 1.29 is 0 Å². The second-order valence-electron chi connectivity index (χ2n) is 10.1. The third-order valence-corrected chi connectivity index (χ3v) is 6.98. The molecule has 1 heteroatoms. The summed E-state index contributed by atoms with van der Waals surface area (Å²) in [4.78, 5) is 0. The molecular formula is C29H61N. The fraction of sp³-hybridized carbons (Fsp3) is 1.00. The smallest absolute Gasteiger partial charge is 0.00773 e. The van der Waals surface area contributed by atoms with Crippen molar-refractivity contribution in [1.29, 1.82) is 0 Å². The van der Waals surface area contributed by atoms with E-state index in [0.717, 1.165) is 12.5 Å². The minimum absolute atomic E-state index is 0.874. The summed E-state index contributed by atoms with van der Waals surface area (Å²) in [7, 11) is 0. The summed E-state index contributed by atoms with van der Waals surface area (Å²) in [5.74, 6) is 1.03. The molecule has 1 atom stereocenters. The molecule has 0 fully saturated rings. The van der Waals surface area contributed by atoms with Crippen molar-refractivity contribution >= 4 is 0 Å². The molecule has 1 unspecified atom stereocenters. The van der Waals surface area contributed by atoms with E-state index in [-0.39, 0.29) is 0 Å². The van der Waals surface area contributed by atoms with Crippen LogP contribution in [0.2, 0.25) is 0 Å². The molecule has 0 aromatic carbocycles. The van der Waals surface area contributed by atoms with Crippen LogP contribution in [0.1, 0.15) is 174 Å². The monoisotopic (exact) mass is 423 g/mol. The molecule has 30 heavy (non-hydrogen) atoms. The van der Waals surface area contributed by atoms with E-state index in [1.54, 1.807) is 0 Å². The topological polar surface area (TPSA) is 26.0 Å². The molecule has 0 bridgehead atoms. The van der Waals surface area contributed by atoms with Crippen molar-refractivity contribution in [2.45, 2.75) is 174 Å². The highest BCUT2D eigenvalue weighted by Crippen LogP contribution is 2.23. The summed E-state index contributed by atoms with van der Waals surface area (Å²) >= 11 is 0. The van der Waals surface area contributed by atoms with Gasteiger partial charge in [0.05, 0.1) is 0 Å². The molecule has 0 aliphatic carbocycles. The lowest BCUT2D eigenvalue weighted by Gasteiger charge is -2.16. The highest BCUT2D eigenvalue weighted by molar-refractivity contribution is 4.61. The van der Waals surface area contributed by atoms with Gasteiger partial charge in [-0.05, 0) is 18.9 Å². The van der Waals surface area contributed by atoms with Crippen LogP contribution in [0.15, 0.2) is 0 Å². The molecule has 182 valence electrons. The van der Waals surface area contributed by atoms with E-state index in [4.69, 9.17) is 5.73 Å². The van der Waals surface area contributed by atoms with E-state index in [1.807, 2.05) is 0 Å². The van der Waals surface area contributed by atoms with Crippen LogP contribution < -0.4 is 5.73 Å². The normalized spacial score (nSPS) is 12.5. The Labute approximate surface area is 192 Å². The average Bonchev–Trinajstić information content (AvgIpc) is 2.75. The van der Waals surface area contributed by atoms with Gasteiger partial charge < -0.3 is 5.73 Å². The zero-order valence-corrected chi connectivity index (χ0v) is 21.5. The Morgan fingerprint density at radius 1 is 0.367 bits per heavy atom. The van der Waals surface area contributed by atoms with Crippen LogP contribution in [0.5, 0.6) is 0 Å². The quantitative estimate of drug-likeness (QED) is 0.137. The lowest BCUT2D eigenvalue weighted by molar-refractivity contribution is 0.377. The molecule has 1 nitrogen and oxygen atoms in total. The van der Waals surface area contributed by atoms with E-state index < -0.39 is 0 Å². The van der Waals surface area contributed by atoms with Crippen LogP contribution in [0.4, 0.5) is 0 Å². The van der Waals surface area contributed by atoms with Crippen molar-refractivity contribution in [2.24, 2.45) is 11.7 Å². The maximum absolute atomic E-state index is 5.54. The van der Waals surface area contributed by atoms with E-state index in [2.05, 4.69) is 13.8 Å². The van der Waals surface area contributed by atoms with Crippen molar-refractivity contribution in [3.63, 3.8) is 0 Å².